The van der Waals surface area contributed by atoms with Crippen LogP contribution in [0.15, 0.2) is 16.5 Å². The van der Waals surface area contributed by atoms with Crippen molar-refractivity contribution in [2.75, 3.05) is 13.1 Å². The summed E-state index contributed by atoms with van der Waals surface area (Å²) in [5, 5.41) is 19.8. The summed E-state index contributed by atoms with van der Waals surface area (Å²) in [6.45, 7) is 3.40. The minimum atomic E-state index is -0.626. The monoisotopic (exact) mass is 212 g/mol. The Morgan fingerprint density at radius 1 is 1.67 bits per heavy atom. The molecule has 1 aromatic heterocycles. The molecule has 2 rings (SSSR count). The molecule has 1 aliphatic rings. The first-order valence-corrected chi connectivity index (χ1v) is 4.64. The van der Waals surface area contributed by atoms with Crippen LogP contribution in [-0.4, -0.2) is 33.6 Å². The van der Waals surface area contributed by atoms with Gasteiger partial charge in [-0.3, -0.25) is 15.0 Å². The second-order valence-corrected chi connectivity index (χ2v) is 4.14. The van der Waals surface area contributed by atoms with Gasteiger partial charge in [0.2, 0.25) is 0 Å². The quantitative estimate of drug-likeness (QED) is 0.590. The second-order valence-electron chi connectivity index (χ2n) is 4.14. The number of furan rings is 1. The highest BCUT2D eigenvalue weighted by Gasteiger charge is 2.36. The van der Waals surface area contributed by atoms with Gasteiger partial charge in [0.05, 0.1) is 18.2 Å². The van der Waals surface area contributed by atoms with E-state index >= 15 is 0 Å². The molecule has 2 heterocycles. The van der Waals surface area contributed by atoms with Crippen LogP contribution in [-0.2, 0) is 6.54 Å². The van der Waals surface area contributed by atoms with Crippen molar-refractivity contribution in [2.45, 2.75) is 19.1 Å². The zero-order valence-corrected chi connectivity index (χ0v) is 8.34. The third-order valence-corrected chi connectivity index (χ3v) is 2.34. The molecule has 6 heteroatoms. The molecule has 0 amide bonds. The molecule has 0 unspecified atom stereocenters. The average Bonchev–Trinajstić information content (AvgIpc) is 2.49. The lowest BCUT2D eigenvalue weighted by atomic mass is 9.97. The molecule has 6 nitrogen and oxygen atoms in total. The van der Waals surface area contributed by atoms with E-state index in [4.69, 9.17) is 4.42 Å². The van der Waals surface area contributed by atoms with Crippen LogP contribution in [0.1, 0.15) is 12.7 Å². The molecule has 0 bridgehead atoms. The van der Waals surface area contributed by atoms with E-state index in [2.05, 4.69) is 0 Å². The summed E-state index contributed by atoms with van der Waals surface area (Å²) in [5.41, 5.74) is -0.626. The van der Waals surface area contributed by atoms with Gasteiger partial charge in [0, 0.05) is 13.1 Å². The Morgan fingerprint density at radius 2 is 2.33 bits per heavy atom. The third-order valence-electron chi connectivity index (χ3n) is 2.34. The van der Waals surface area contributed by atoms with Crippen LogP contribution in [0.25, 0.3) is 0 Å². The Bertz CT molecular complexity index is 377. The highest BCUT2D eigenvalue weighted by atomic mass is 16.6. The summed E-state index contributed by atoms with van der Waals surface area (Å²) in [6, 6.07) is 2.93. The standard InChI is InChI=1S/C9H12N2O4/c1-9(12)5-10(6-9)4-7-2-3-8(15-7)11(13)14/h2-3,12H,4-6H2,1H3. The first kappa shape index (κ1) is 10.1. The van der Waals surface area contributed by atoms with Crippen molar-refractivity contribution in [2.24, 2.45) is 0 Å². The van der Waals surface area contributed by atoms with Crippen molar-refractivity contribution < 1.29 is 14.4 Å². The minimum Gasteiger partial charge on any atom is -0.404 e. The summed E-state index contributed by atoms with van der Waals surface area (Å²) >= 11 is 0. The van der Waals surface area contributed by atoms with Gasteiger partial charge in [0.25, 0.3) is 0 Å². The van der Waals surface area contributed by atoms with E-state index in [9.17, 15) is 15.2 Å². The van der Waals surface area contributed by atoms with Crippen molar-refractivity contribution in [3.05, 3.63) is 28.0 Å². The Hall–Kier alpha value is -1.40. The van der Waals surface area contributed by atoms with E-state index in [1.807, 2.05) is 4.90 Å². The van der Waals surface area contributed by atoms with Gasteiger partial charge in [0.1, 0.15) is 10.7 Å². The second kappa shape index (κ2) is 3.32. The summed E-state index contributed by atoms with van der Waals surface area (Å²) < 4.78 is 5.00. The topological polar surface area (TPSA) is 79.8 Å². The number of likely N-dealkylation sites (tertiary alicyclic amines) is 1. The van der Waals surface area contributed by atoms with Crippen molar-refractivity contribution >= 4 is 5.88 Å². The third kappa shape index (κ3) is 2.16. The molecule has 0 saturated carbocycles. The fraction of sp³-hybridized carbons (Fsp3) is 0.556. The number of nitro groups is 1. The average molecular weight is 212 g/mol. The van der Waals surface area contributed by atoms with Gasteiger partial charge in [-0.25, -0.2) is 0 Å². The van der Waals surface area contributed by atoms with E-state index in [-0.39, 0.29) is 5.88 Å². The fourth-order valence-corrected chi connectivity index (χ4v) is 1.80. The summed E-state index contributed by atoms with van der Waals surface area (Å²) in [7, 11) is 0. The fourth-order valence-electron chi connectivity index (χ4n) is 1.80. The molecule has 1 fully saturated rings. The highest BCUT2D eigenvalue weighted by Crippen LogP contribution is 2.24. The lowest BCUT2D eigenvalue weighted by Gasteiger charge is -2.43. The number of hydrogen-bond acceptors (Lipinski definition) is 5. The smallest absolute Gasteiger partial charge is 0.404 e. The van der Waals surface area contributed by atoms with Crippen LogP contribution >= 0.6 is 0 Å². The molecule has 0 aliphatic carbocycles. The zero-order valence-electron chi connectivity index (χ0n) is 8.34. The van der Waals surface area contributed by atoms with Crippen molar-refractivity contribution in [3.63, 3.8) is 0 Å². The summed E-state index contributed by atoms with van der Waals surface area (Å²) in [6.07, 6.45) is 0. The largest absolute Gasteiger partial charge is 0.433 e. The van der Waals surface area contributed by atoms with Gasteiger partial charge in [-0.05, 0) is 13.0 Å². The first-order chi connectivity index (χ1) is 6.96. The molecule has 1 aromatic rings. The van der Waals surface area contributed by atoms with Crippen LogP contribution in [0.3, 0.4) is 0 Å². The van der Waals surface area contributed by atoms with Crippen LogP contribution in [0.5, 0.6) is 0 Å². The van der Waals surface area contributed by atoms with E-state index in [1.165, 1.54) is 6.07 Å². The maximum absolute atomic E-state index is 10.3. The van der Waals surface area contributed by atoms with Gasteiger partial charge in [-0.15, -0.1) is 0 Å². The molecule has 0 radical (unpaired) electrons. The minimum absolute atomic E-state index is 0.239. The molecule has 1 aliphatic heterocycles. The lowest BCUT2D eigenvalue weighted by molar-refractivity contribution is -0.402. The number of rotatable bonds is 3. The maximum atomic E-state index is 10.3. The Kier molecular flexibility index (Phi) is 2.24. The Morgan fingerprint density at radius 3 is 2.80 bits per heavy atom. The van der Waals surface area contributed by atoms with Gasteiger partial charge in [-0.2, -0.15) is 0 Å². The van der Waals surface area contributed by atoms with E-state index < -0.39 is 10.5 Å². The molecule has 1 saturated heterocycles. The molecule has 0 atom stereocenters. The molecular weight excluding hydrogens is 200 g/mol. The van der Waals surface area contributed by atoms with Crippen LogP contribution < -0.4 is 0 Å². The highest BCUT2D eigenvalue weighted by molar-refractivity contribution is 5.18. The molecule has 0 aromatic carbocycles. The van der Waals surface area contributed by atoms with E-state index in [0.29, 0.717) is 25.4 Å². The SMILES string of the molecule is CC1(O)CN(Cc2ccc([N+](=O)[O-])o2)C1. The van der Waals surface area contributed by atoms with Crippen molar-refractivity contribution in [3.8, 4) is 0 Å². The van der Waals surface area contributed by atoms with Crippen LogP contribution in [0.4, 0.5) is 5.88 Å². The van der Waals surface area contributed by atoms with Gasteiger partial charge in [-0.1, -0.05) is 0 Å². The summed E-state index contributed by atoms with van der Waals surface area (Å²) in [4.78, 5) is 11.7. The van der Waals surface area contributed by atoms with Gasteiger partial charge < -0.3 is 9.52 Å². The van der Waals surface area contributed by atoms with Crippen LogP contribution in [0, 0.1) is 10.1 Å². The lowest BCUT2D eigenvalue weighted by Crippen LogP contribution is -2.59. The van der Waals surface area contributed by atoms with Gasteiger partial charge in [0.15, 0.2) is 0 Å². The molecule has 15 heavy (non-hydrogen) atoms. The Labute approximate surface area is 86.3 Å². The van der Waals surface area contributed by atoms with Gasteiger partial charge >= 0.3 is 5.88 Å². The maximum Gasteiger partial charge on any atom is 0.433 e. The predicted molar refractivity (Wildman–Crippen MR) is 51.3 cm³/mol. The number of hydrogen-bond donors (Lipinski definition) is 1. The molecule has 1 N–H and O–H groups in total. The number of aliphatic hydroxyl groups is 1. The van der Waals surface area contributed by atoms with Crippen molar-refractivity contribution in [1.29, 1.82) is 0 Å². The Balaban J connectivity index is 1.92. The molecular formula is C9H12N2O4. The summed E-state index contributed by atoms with van der Waals surface area (Å²) in [5.74, 6) is 0.314. The predicted octanol–water partition coefficient (Wildman–Crippen LogP) is 0.754. The van der Waals surface area contributed by atoms with Crippen LogP contribution in [0.2, 0.25) is 0 Å². The molecule has 82 valence electrons. The number of β-amino-alcohol motifs (C(OH)–C–C–N with tert-alkyl or cyclic N) is 1. The first-order valence-electron chi connectivity index (χ1n) is 4.64. The van der Waals surface area contributed by atoms with Crippen molar-refractivity contribution in [1.82, 2.24) is 4.90 Å². The number of nitrogens with zero attached hydrogens (tertiary/aromatic N) is 2. The van der Waals surface area contributed by atoms with E-state index in [0.717, 1.165) is 0 Å². The van der Waals surface area contributed by atoms with E-state index in [1.54, 1.807) is 13.0 Å². The normalized spacial score (nSPS) is 19.9. The molecule has 0 spiro atoms. The zero-order chi connectivity index (χ0) is 11.1.